The SMILES string of the molecule is CC1CCCCN1CCN(C)Cc1ccc(CC(=O)O)cc1. The largest absolute Gasteiger partial charge is 0.481 e. The van der Waals surface area contributed by atoms with Crippen molar-refractivity contribution in [3.8, 4) is 0 Å². The first-order chi connectivity index (χ1) is 10.5. The Labute approximate surface area is 133 Å². The van der Waals surface area contributed by atoms with Crippen molar-refractivity contribution in [2.75, 3.05) is 26.7 Å². The van der Waals surface area contributed by atoms with Crippen molar-refractivity contribution in [3.63, 3.8) is 0 Å². The zero-order valence-electron chi connectivity index (χ0n) is 13.8. The first-order valence-electron chi connectivity index (χ1n) is 8.27. The zero-order valence-corrected chi connectivity index (χ0v) is 13.8. The van der Waals surface area contributed by atoms with Crippen molar-refractivity contribution in [2.45, 2.75) is 45.2 Å². The molecular formula is C18H28N2O2. The van der Waals surface area contributed by atoms with Crippen LogP contribution in [-0.4, -0.2) is 53.6 Å². The number of likely N-dealkylation sites (tertiary alicyclic amines) is 1. The maximum absolute atomic E-state index is 10.7. The quantitative estimate of drug-likeness (QED) is 0.841. The van der Waals surface area contributed by atoms with Crippen LogP contribution in [0, 0.1) is 0 Å². The minimum Gasteiger partial charge on any atom is -0.481 e. The van der Waals surface area contributed by atoms with E-state index in [4.69, 9.17) is 5.11 Å². The number of hydrogen-bond acceptors (Lipinski definition) is 3. The minimum atomic E-state index is -0.777. The van der Waals surface area contributed by atoms with Gasteiger partial charge in [0.25, 0.3) is 0 Å². The highest BCUT2D eigenvalue weighted by Gasteiger charge is 2.17. The highest BCUT2D eigenvalue weighted by Crippen LogP contribution is 2.16. The van der Waals surface area contributed by atoms with E-state index in [1.807, 2.05) is 24.3 Å². The molecule has 0 aliphatic carbocycles. The van der Waals surface area contributed by atoms with E-state index in [9.17, 15) is 4.79 Å². The molecule has 0 aromatic heterocycles. The van der Waals surface area contributed by atoms with Crippen molar-refractivity contribution in [1.29, 1.82) is 0 Å². The molecule has 1 aromatic carbocycles. The molecule has 2 rings (SSSR count). The van der Waals surface area contributed by atoms with Crippen LogP contribution < -0.4 is 0 Å². The van der Waals surface area contributed by atoms with E-state index in [1.54, 1.807) is 0 Å². The van der Waals surface area contributed by atoms with Crippen LogP contribution in [0.15, 0.2) is 24.3 Å². The van der Waals surface area contributed by atoms with Gasteiger partial charge in [-0.25, -0.2) is 0 Å². The molecule has 1 heterocycles. The summed E-state index contributed by atoms with van der Waals surface area (Å²) >= 11 is 0. The highest BCUT2D eigenvalue weighted by molar-refractivity contribution is 5.70. The molecule has 22 heavy (non-hydrogen) atoms. The van der Waals surface area contributed by atoms with Crippen LogP contribution in [0.2, 0.25) is 0 Å². The van der Waals surface area contributed by atoms with E-state index in [2.05, 4.69) is 23.8 Å². The predicted molar refractivity (Wildman–Crippen MR) is 89.0 cm³/mol. The molecule has 0 saturated carbocycles. The molecule has 1 N–H and O–H groups in total. The van der Waals surface area contributed by atoms with Crippen molar-refractivity contribution < 1.29 is 9.90 Å². The molecule has 0 bridgehead atoms. The molecule has 1 aliphatic heterocycles. The van der Waals surface area contributed by atoms with E-state index in [-0.39, 0.29) is 6.42 Å². The lowest BCUT2D eigenvalue weighted by atomic mass is 10.0. The lowest BCUT2D eigenvalue weighted by Gasteiger charge is -2.34. The van der Waals surface area contributed by atoms with Crippen LogP contribution in [0.1, 0.15) is 37.3 Å². The summed E-state index contributed by atoms with van der Waals surface area (Å²) in [5.74, 6) is -0.777. The van der Waals surface area contributed by atoms with Crippen molar-refractivity contribution in [2.24, 2.45) is 0 Å². The summed E-state index contributed by atoms with van der Waals surface area (Å²) in [6, 6.07) is 8.64. The monoisotopic (exact) mass is 304 g/mol. The Kier molecular flexibility index (Phi) is 6.40. The molecule has 0 amide bonds. The fourth-order valence-electron chi connectivity index (χ4n) is 3.12. The van der Waals surface area contributed by atoms with Crippen LogP contribution in [0.4, 0.5) is 0 Å². The third-order valence-electron chi connectivity index (χ3n) is 4.54. The van der Waals surface area contributed by atoms with E-state index in [1.165, 1.54) is 31.4 Å². The number of carboxylic acids is 1. The second kappa shape index (κ2) is 8.30. The average Bonchev–Trinajstić information content (AvgIpc) is 2.48. The molecule has 4 nitrogen and oxygen atoms in total. The fraction of sp³-hybridized carbons (Fsp3) is 0.611. The molecule has 122 valence electrons. The van der Waals surface area contributed by atoms with Gasteiger partial charge >= 0.3 is 5.97 Å². The van der Waals surface area contributed by atoms with Gasteiger partial charge in [-0.2, -0.15) is 0 Å². The van der Waals surface area contributed by atoms with Crippen LogP contribution in [0.25, 0.3) is 0 Å². The van der Waals surface area contributed by atoms with Gasteiger partial charge in [0.1, 0.15) is 0 Å². The Morgan fingerprint density at radius 3 is 2.59 bits per heavy atom. The lowest BCUT2D eigenvalue weighted by molar-refractivity contribution is -0.136. The number of piperidine rings is 1. The Morgan fingerprint density at radius 1 is 1.27 bits per heavy atom. The van der Waals surface area contributed by atoms with Crippen molar-refractivity contribution in [3.05, 3.63) is 35.4 Å². The van der Waals surface area contributed by atoms with E-state index in [0.29, 0.717) is 0 Å². The summed E-state index contributed by atoms with van der Waals surface area (Å²) in [7, 11) is 2.15. The standard InChI is InChI=1S/C18H28N2O2/c1-15-5-3-4-10-20(15)12-11-19(2)14-17-8-6-16(7-9-17)13-18(21)22/h6-9,15H,3-5,10-14H2,1-2H3,(H,21,22). The van der Waals surface area contributed by atoms with E-state index >= 15 is 0 Å². The van der Waals surface area contributed by atoms with Crippen LogP contribution in [0.5, 0.6) is 0 Å². The number of likely N-dealkylation sites (N-methyl/N-ethyl adjacent to an activating group) is 1. The molecule has 1 fully saturated rings. The third kappa shape index (κ3) is 5.43. The molecule has 1 aliphatic rings. The first-order valence-corrected chi connectivity index (χ1v) is 8.27. The summed E-state index contributed by atoms with van der Waals surface area (Å²) in [4.78, 5) is 15.6. The normalized spacial score (nSPS) is 19.5. The first kappa shape index (κ1) is 17.0. The minimum absolute atomic E-state index is 0.100. The topological polar surface area (TPSA) is 43.8 Å². The van der Waals surface area contributed by atoms with Gasteiger partial charge in [-0.15, -0.1) is 0 Å². The molecule has 4 heteroatoms. The lowest BCUT2D eigenvalue weighted by Crippen LogP contribution is -2.41. The number of hydrogen-bond donors (Lipinski definition) is 1. The summed E-state index contributed by atoms with van der Waals surface area (Å²) in [6.45, 7) is 6.69. The van der Waals surface area contributed by atoms with Crippen molar-refractivity contribution >= 4 is 5.97 Å². The Bertz CT molecular complexity index is 472. The summed E-state index contributed by atoms with van der Waals surface area (Å²) in [6.07, 6.45) is 4.13. The molecule has 1 aromatic rings. The fourth-order valence-corrected chi connectivity index (χ4v) is 3.12. The van der Waals surface area contributed by atoms with Crippen LogP contribution >= 0.6 is 0 Å². The second-order valence-electron chi connectivity index (χ2n) is 6.51. The average molecular weight is 304 g/mol. The summed E-state index contributed by atoms with van der Waals surface area (Å²) < 4.78 is 0. The van der Waals surface area contributed by atoms with Crippen molar-refractivity contribution in [1.82, 2.24) is 9.80 Å². The highest BCUT2D eigenvalue weighted by atomic mass is 16.4. The van der Waals surface area contributed by atoms with E-state index in [0.717, 1.165) is 31.2 Å². The molecule has 1 atom stereocenters. The maximum Gasteiger partial charge on any atom is 0.307 e. The van der Waals surface area contributed by atoms with Gasteiger partial charge in [-0.05, 0) is 44.5 Å². The summed E-state index contributed by atoms with van der Waals surface area (Å²) in [5.41, 5.74) is 2.10. The van der Waals surface area contributed by atoms with Crippen LogP contribution in [0.3, 0.4) is 0 Å². The number of benzene rings is 1. The van der Waals surface area contributed by atoms with Gasteiger partial charge in [0.2, 0.25) is 0 Å². The summed E-state index contributed by atoms with van der Waals surface area (Å²) in [5, 5.41) is 8.78. The zero-order chi connectivity index (χ0) is 15.9. The van der Waals surface area contributed by atoms with Gasteiger partial charge in [-0.3, -0.25) is 9.69 Å². The van der Waals surface area contributed by atoms with E-state index < -0.39 is 5.97 Å². The predicted octanol–water partition coefficient (Wildman–Crippen LogP) is 2.62. The Morgan fingerprint density at radius 2 is 1.95 bits per heavy atom. The maximum atomic E-state index is 10.7. The molecule has 0 spiro atoms. The van der Waals surface area contributed by atoms with Gasteiger partial charge in [0.15, 0.2) is 0 Å². The van der Waals surface area contributed by atoms with Gasteiger partial charge in [0.05, 0.1) is 6.42 Å². The number of rotatable bonds is 7. The Hall–Kier alpha value is -1.39. The Balaban J connectivity index is 1.76. The molecule has 1 unspecified atom stereocenters. The number of carbonyl (C=O) groups is 1. The molecule has 1 saturated heterocycles. The number of nitrogens with zero attached hydrogens (tertiary/aromatic N) is 2. The number of aliphatic carboxylic acids is 1. The van der Waals surface area contributed by atoms with Gasteiger partial charge in [0, 0.05) is 25.7 Å². The number of carboxylic acid groups (broad SMARTS) is 1. The second-order valence-corrected chi connectivity index (χ2v) is 6.51. The molecular weight excluding hydrogens is 276 g/mol. The van der Waals surface area contributed by atoms with Crippen LogP contribution in [-0.2, 0) is 17.8 Å². The van der Waals surface area contributed by atoms with Gasteiger partial charge in [-0.1, -0.05) is 30.7 Å². The smallest absolute Gasteiger partial charge is 0.307 e. The third-order valence-corrected chi connectivity index (χ3v) is 4.54. The van der Waals surface area contributed by atoms with Gasteiger partial charge < -0.3 is 10.0 Å². The molecule has 0 radical (unpaired) electrons.